The molecule has 2 fully saturated rings. The van der Waals surface area contributed by atoms with Gasteiger partial charge in [0.05, 0.1) is 11.5 Å². The maximum absolute atomic E-state index is 12.7. The number of anilines is 1. The Labute approximate surface area is 159 Å². The van der Waals surface area contributed by atoms with Gasteiger partial charge in [-0.25, -0.2) is 0 Å². The summed E-state index contributed by atoms with van der Waals surface area (Å²) < 4.78 is 5.58. The van der Waals surface area contributed by atoms with Gasteiger partial charge in [-0.1, -0.05) is 30.3 Å². The smallest absolute Gasteiger partial charge is 0.255 e. The third-order valence-electron chi connectivity index (χ3n) is 5.43. The van der Waals surface area contributed by atoms with Gasteiger partial charge < -0.3 is 15.4 Å². The van der Waals surface area contributed by atoms with E-state index in [1.165, 1.54) is 0 Å². The van der Waals surface area contributed by atoms with Crippen LogP contribution in [0.2, 0.25) is 0 Å². The lowest BCUT2D eigenvalue weighted by atomic mass is 9.94. The van der Waals surface area contributed by atoms with Crippen molar-refractivity contribution < 1.29 is 14.3 Å². The fraction of sp³-hybridized carbons (Fsp3) is 0.364. The summed E-state index contributed by atoms with van der Waals surface area (Å²) in [5.74, 6) is -0.0575. The van der Waals surface area contributed by atoms with Crippen molar-refractivity contribution in [2.24, 2.45) is 0 Å². The molecule has 2 amide bonds. The number of rotatable bonds is 6. The number of carbonyl (C=O) groups is 2. The minimum atomic E-state index is -0.416. The summed E-state index contributed by atoms with van der Waals surface area (Å²) in [6.45, 7) is 1.38. The van der Waals surface area contributed by atoms with Gasteiger partial charge in [-0.2, -0.15) is 0 Å². The molecule has 0 bridgehead atoms. The van der Waals surface area contributed by atoms with E-state index in [2.05, 4.69) is 10.6 Å². The minimum Gasteiger partial charge on any atom is -0.376 e. The number of amides is 2. The van der Waals surface area contributed by atoms with Gasteiger partial charge in [0.25, 0.3) is 5.91 Å². The van der Waals surface area contributed by atoms with Crippen molar-refractivity contribution in [2.75, 3.05) is 18.5 Å². The van der Waals surface area contributed by atoms with Gasteiger partial charge in [0, 0.05) is 24.4 Å². The largest absolute Gasteiger partial charge is 0.376 e. The Hall–Kier alpha value is -2.66. The highest BCUT2D eigenvalue weighted by Crippen LogP contribution is 2.48. The Morgan fingerprint density at radius 3 is 2.41 bits per heavy atom. The highest BCUT2D eigenvalue weighted by atomic mass is 16.5. The van der Waals surface area contributed by atoms with Crippen molar-refractivity contribution in [1.29, 1.82) is 0 Å². The highest BCUT2D eigenvalue weighted by molar-refractivity contribution is 6.04. The van der Waals surface area contributed by atoms with Gasteiger partial charge in [-0.05, 0) is 55.5 Å². The van der Waals surface area contributed by atoms with Crippen LogP contribution in [0.15, 0.2) is 54.6 Å². The number of ether oxygens (including phenoxy) is 1. The van der Waals surface area contributed by atoms with Crippen molar-refractivity contribution in [3.05, 3.63) is 65.7 Å². The number of benzene rings is 2. The van der Waals surface area contributed by atoms with Gasteiger partial charge in [-0.15, -0.1) is 0 Å². The van der Waals surface area contributed by atoms with Crippen molar-refractivity contribution in [2.45, 2.75) is 37.2 Å². The highest BCUT2D eigenvalue weighted by Gasteiger charge is 2.51. The summed E-state index contributed by atoms with van der Waals surface area (Å²) in [5.41, 5.74) is 1.93. The van der Waals surface area contributed by atoms with Gasteiger partial charge in [-0.3, -0.25) is 9.59 Å². The summed E-state index contributed by atoms with van der Waals surface area (Å²) >= 11 is 0. The molecule has 0 aromatic heterocycles. The van der Waals surface area contributed by atoms with Crippen LogP contribution in [0.1, 0.15) is 41.6 Å². The van der Waals surface area contributed by atoms with E-state index in [9.17, 15) is 9.59 Å². The summed E-state index contributed by atoms with van der Waals surface area (Å²) in [6, 6.07) is 16.7. The molecule has 2 N–H and O–H groups in total. The van der Waals surface area contributed by atoms with Crippen LogP contribution in [0.3, 0.4) is 0 Å². The SMILES string of the molecule is O=C(Nc1ccc(C2(C(=O)NCC3CCCO3)CC2)cc1)c1ccccc1. The second-order valence-electron chi connectivity index (χ2n) is 7.32. The average molecular weight is 364 g/mol. The zero-order chi connectivity index (χ0) is 18.7. The molecule has 5 heteroatoms. The standard InChI is InChI=1S/C22H24N2O3/c25-20(16-5-2-1-3-6-16)24-18-10-8-17(9-11-18)22(12-13-22)21(26)23-15-19-7-4-14-27-19/h1-3,5-6,8-11,19H,4,7,12-15H2,(H,23,26)(H,24,25). The fourth-order valence-corrected chi connectivity index (χ4v) is 3.62. The van der Waals surface area contributed by atoms with Crippen LogP contribution in [0.5, 0.6) is 0 Å². The number of hydrogen-bond acceptors (Lipinski definition) is 3. The first-order valence-corrected chi connectivity index (χ1v) is 9.54. The summed E-state index contributed by atoms with van der Waals surface area (Å²) in [4.78, 5) is 24.9. The van der Waals surface area contributed by atoms with E-state index >= 15 is 0 Å². The molecule has 2 aromatic carbocycles. The lowest BCUT2D eigenvalue weighted by Crippen LogP contribution is -2.39. The molecule has 2 aliphatic rings. The molecule has 2 aromatic rings. The Kier molecular flexibility index (Phi) is 4.94. The zero-order valence-electron chi connectivity index (χ0n) is 15.2. The lowest BCUT2D eigenvalue weighted by molar-refractivity contribution is -0.124. The molecule has 1 saturated carbocycles. The molecule has 1 saturated heterocycles. The van der Waals surface area contributed by atoms with Gasteiger partial charge >= 0.3 is 0 Å². The molecular formula is C22H24N2O3. The average Bonchev–Trinajstić information content (AvgIpc) is 3.36. The Morgan fingerprint density at radius 2 is 1.78 bits per heavy atom. The van der Waals surface area contributed by atoms with Crippen LogP contribution in [0, 0.1) is 0 Å². The number of carbonyl (C=O) groups excluding carboxylic acids is 2. The number of nitrogens with one attached hydrogen (secondary N) is 2. The van der Waals surface area contributed by atoms with Crippen LogP contribution in [0.4, 0.5) is 5.69 Å². The molecule has 140 valence electrons. The summed E-state index contributed by atoms with van der Waals surface area (Å²) in [6.07, 6.45) is 3.96. The molecule has 4 rings (SSSR count). The third-order valence-corrected chi connectivity index (χ3v) is 5.43. The van der Waals surface area contributed by atoms with Gasteiger partial charge in [0.2, 0.25) is 5.91 Å². The molecular weight excluding hydrogens is 340 g/mol. The van der Waals surface area contributed by atoms with Crippen molar-refractivity contribution in [3.63, 3.8) is 0 Å². The van der Waals surface area contributed by atoms with E-state index in [0.717, 1.165) is 43.5 Å². The van der Waals surface area contributed by atoms with E-state index in [1.807, 2.05) is 42.5 Å². The van der Waals surface area contributed by atoms with Crippen LogP contribution >= 0.6 is 0 Å². The third kappa shape index (κ3) is 3.88. The molecule has 5 nitrogen and oxygen atoms in total. The second kappa shape index (κ2) is 7.53. The molecule has 1 aliphatic heterocycles. The van der Waals surface area contributed by atoms with Gasteiger partial charge in [0.1, 0.15) is 0 Å². The molecule has 1 heterocycles. The van der Waals surface area contributed by atoms with Crippen LogP contribution in [-0.2, 0) is 14.9 Å². The van der Waals surface area contributed by atoms with Crippen LogP contribution < -0.4 is 10.6 Å². The predicted octanol–water partition coefficient (Wildman–Crippen LogP) is 3.27. The second-order valence-corrected chi connectivity index (χ2v) is 7.32. The number of hydrogen-bond donors (Lipinski definition) is 2. The summed E-state index contributed by atoms with van der Waals surface area (Å²) in [5, 5.41) is 5.95. The predicted molar refractivity (Wildman–Crippen MR) is 104 cm³/mol. The first-order valence-electron chi connectivity index (χ1n) is 9.54. The van der Waals surface area contributed by atoms with Crippen molar-refractivity contribution in [3.8, 4) is 0 Å². The van der Waals surface area contributed by atoms with E-state index in [0.29, 0.717) is 12.1 Å². The summed E-state index contributed by atoms with van der Waals surface area (Å²) in [7, 11) is 0. The Balaban J connectivity index is 1.38. The van der Waals surface area contributed by atoms with E-state index in [-0.39, 0.29) is 17.9 Å². The lowest BCUT2D eigenvalue weighted by Gasteiger charge is -2.18. The molecule has 0 radical (unpaired) electrons. The normalized spacial score (nSPS) is 20.1. The zero-order valence-corrected chi connectivity index (χ0v) is 15.2. The Bertz CT molecular complexity index is 807. The van der Waals surface area contributed by atoms with Crippen molar-refractivity contribution >= 4 is 17.5 Å². The molecule has 0 spiro atoms. The topological polar surface area (TPSA) is 67.4 Å². The molecule has 1 unspecified atom stereocenters. The molecule has 1 atom stereocenters. The maximum Gasteiger partial charge on any atom is 0.255 e. The monoisotopic (exact) mass is 364 g/mol. The van der Waals surface area contributed by atoms with E-state index < -0.39 is 5.41 Å². The molecule has 1 aliphatic carbocycles. The van der Waals surface area contributed by atoms with Gasteiger partial charge in [0.15, 0.2) is 0 Å². The van der Waals surface area contributed by atoms with Crippen molar-refractivity contribution in [1.82, 2.24) is 5.32 Å². The fourth-order valence-electron chi connectivity index (χ4n) is 3.62. The quantitative estimate of drug-likeness (QED) is 0.827. The molecule has 27 heavy (non-hydrogen) atoms. The van der Waals surface area contributed by atoms with E-state index in [4.69, 9.17) is 4.74 Å². The van der Waals surface area contributed by atoms with Crippen LogP contribution in [-0.4, -0.2) is 31.1 Å². The first-order chi connectivity index (χ1) is 13.2. The van der Waals surface area contributed by atoms with Crippen LogP contribution in [0.25, 0.3) is 0 Å². The Morgan fingerprint density at radius 1 is 1.04 bits per heavy atom. The first kappa shape index (κ1) is 17.7. The maximum atomic E-state index is 12.7. The van der Waals surface area contributed by atoms with E-state index in [1.54, 1.807) is 12.1 Å². The minimum absolute atomic E-state index is 0.0825.